The van der Waals surface area contributed by atoms with Crippen molar-refractivity contribution in [2.24, 2.45) is 0 Å². The fourth-order valence-corrected chi connectivity index (χ4v) is 13.8. The lowest BCUT2D eigenvalue weighted by Gasteiger charge is -2.33. The summed E-state index contributed by atoms with van der Waals surface area (Å²) < 4.78 is 23.4. The van der Waals surface area contributed by atoms with E-state index in [0.717, 1.165) is 85.4 Å². The first-order valence-corrected chi connectivity index (χ1v) is 37.3. The number of para-hydroxylation sites is 3. The Hall–Kier alpha value is -13.9. The van der Waals surface area contributed by atoms with Gasteiger partial charge in [-0.05, 0) is 178 Å². The van der Waals surface area contributed by atoms with E-state index in [1.165, 1.54) is 43.3 Å². The van der Waals surface area contributed by atoms with Gasteiger partial charge in [-0.25, -0.2) is 43.9 Å². The summed E-state index contributed by atoms with van der Waals surface area (Å²) in [6.45, 7) is 19.7. The van der Waals surface area contributed by atoms with Gasteiger partial charge >= 0.3 is 0 Å². The van der Waals surface area contributed by atoms with Crippen LogP contribution in [0.5, 0.6) is 34.5 Å². The van der Waals surface area contributed by atoms with Crippen LogP contribution in [0.1, 0.15) is 82.8 Å². The predicted molar refractivity (Wildman–Crippen MR) is 430 cm³/mol. The van der Waals surface area contributed by atoms with Crippen LogP contribution in [0, 0.1) is 0 Å². The van der Waals surface area contributed by atoms with Gasteiger partial charge in [-0.2, -0.15) is 15.3 Å². The minimum Gasteiger partial charge on any atom is -0.457 e. The molecule has 9 heterocycles. The number of anilines is 3. The number of nitrogens with one attached hydrogen (secondary N) is 3. The number of piperidine rings is 3. The van der Waals surface area contributed by atoms with Gasteiger partial charge in [0.15, 0.2) is 16.9 Å². The molecule has 0 unspecified atom stereocenters. The van der Waals surface area contributed by atoms with Gasteiger partial charge in [0.1, 0.15) is 88.0 Å². The SMILES string of the molecule is C=CC(=O)N1CCC[C@@H](n2nc(-c3ccc(Oc4ccccc4)cc3)c3c(NC(=O)CCO)ncnc32)C1.C=CC(=O)Nc1ncnc2c1c(-c1ccc(Oc3ccccc3)cc1)nn2[C@@H]1CCCN(C(=O)C=C)C1.C=CC(=O)Nc1ncnc2c1c(-c1ccc(Oc3ccccc3)cc1)nn2[C@@H]1CCCN(C(=O)CCC)C1. The highest BCUT2D eigenvalue weighted by Gasteiger charge is 2.33. The molecule has 574 valence electrons. The van der Waals surface area contributed by atoms with E-state index in [1.54, 1.807) is 9.80 Å². The number of likely N-dealkylation sites (tertiary alicyclic amines) is 3. The van der Waals surface area contributed by atoms with Crippen molar-refractivity contribution >= 4 is 86.0 Å². The molecule has 6 aromatic heterocycles. The number of hydrogen-bond acceptors (Lipinski definition) is 19. The van der Waals surface area contributed by atoms with Crippen molar-refractivity contribution in [3.63, 3.8) is 0 Å². The summed E-state index contributed by atoms with van der Waals surface area (Å²) in [6.07, 6.45) is 15.6. The minimum absolute atomic E-state index is 0.0423. The van der Waals surface area contributed by atoms with Crippen molar-refractivity contribution in [1.29, 1.82) is 0 Å². The highest BCUT2D eigenvalue weighted by atomic mass is 16.5. The molecule has 0 aliphatic carbocycles. The van der Waals surface area contributed by atoms with Crippen molar-refractivity contribution in [2.45, 2.75) is 82.8 Å². The van der Waals surface area contributed by atoms with Gasteiger partial charge in [0, 0.05) is 62.4 Å². The number of aromatic nitrogens is 12. The molecular formula is C85H84N18O10. The Morgan fingerprint density at radius 3 is 1.05 bits per heavy atom. The molecule has 28 nitrogen and oxygen atoms in total. The monoisotopic (exact) mass is 1520 g/mol. The second-order valence-electron chi connectivity index (χ2n) is 26.8. The highest BCUT2D eigenvalue weighted by Crippen LogP contribution is 2.41. The van der Waals surface area contributed by atoms with Gasteiger partial charge in [0.2, 0.25) is 35.4 Å². The molecule has 0 saturated carbocycles. The number of hydrogen-bond donors (Lipinski definition) is 4. The smallest absolute Gasteiger partial charge is 0.248 e. The average Bonchev–Trinajstić information content (AvgIpc) is 1.63. The molecule has 0 spiro atoms. The number of amides is 6. The number of ether oxygens (including phenoxy) is 3. The van der Waals surface area contributed by atoms with Crippen molar-refractivity contribution < 1.29 is 48.1 Å². The largest absolute Gasteiger partial charge is 0.457 e. The lowest BCUT2D eigenvalue weighted by Crippen LogP contribution is -2.40. The van der Waals surface area contributed by atoms with Crippen molar-refractivity contribution in [1.82, 2.24) is 73.9 Å². The Morgan fingerprint density at radius 2 is 0.735 bits per heavy atom. The van der Waals surface area contributed by atoms with E-state index in [0.29, 0.717) is 124 Å². The molecule has 6 amide bonds. The van der Waals surface area contributed by atoms with E-state index in [1.807, 2.05) is 190 Å². The highest BCUT2D eigenvalue weighted by molar-refractivity contribution is 6.09. The molecule has 3 aliphatic heterocycles. The van der Waals surface area contributed by atoms with Crippen LogP contribution < -0.4 is 30.2 Å². The number of aliphatic hydroxyl groups excluding tert-OH is 1. The van der Waals surface area contributed by atoms with E-state index in [2.05, 4.69) is 72.2 Å². The molecule has 4 N–H and O–H groups in total. The molecule has 15 rings (SSSR count). The van der Waals surface area contributed by atoms with Gasteiger partial charge < -0.3 is 50.0 Å². The van der Waals surface area contributed by atoms with Gasteiger partial charge in [-0.1, -0.05) is 87.8 Å². The predicted octanol–water partition coefficient (Wildman–Crippen LogP) is 14.1. The number of benzene rings is 6. The van der Waals surface area contributed by atoms with E-state index in [9.17, 15) is 33.9 Å². The maximum atomic E-state index is 12.6. The molecule has 28 heteroatoms. The van der Waals surface area contributed by atoms with Gasteiger partial charge in [-0.3, -0.25) is 28.8 Å². The summed E-state index contributed by atoms with van der Waals surface area (Å²) in [5, 5.41) is 34.3. The topological polar surface area (TPSA) is 327 Å². The Balaban J connectivity index is 0.000000148. The number of carbonyl (C=O) groups is 6. The number of nitrogens with zero attached hydrogens (tertiary/aromatic N) is 15. The lowest BCUT2D eigenvalue weighted by atomic mass is 10.1. The van der Waals surface area contributed by atoms with Crippen LogP contribution >= 0.6 is 0 Å². The third-order valence-electron chi connectivity index (χ3n) is 19.3. The van der Waals surface area contributed by atoms with E-state index in [-0.39, 0.29) is 66.6 Å². The molecule has 6 aromatic carbocycles. The minimum atomic E-state index is -0.384. The van der Waals surface area contributed by atoms with E-state index < -0.39 is 0 Å². The maximum Gasteiger partial charge on any atom is 0.248 e. The molecule has 0 bridgehead atoms. The molecular weight excluding hydrogens is 1430 g/mol. The second kappa shape index (κ2) is 36.5. The third-order valence-corrected chi connectivity index (χ3v) is 19.3. The fourth-order valence-electron chi connectivity index (χ4n) is 13.8. The summed E-state index contributed by atoms with van der Waals surface area (Å²) in [6, 6.07) is 51.0. The quantitative estimate of drug-likeness (QED) is 0.0432. The average molecular weight is 1520 g/mol. The van der Waals surface area contributed by atoms with Crippen LogP contribution in [-0.2, 0) is 28.8 Å². The fraction of sp³-hybridized carbons (Fsp3) is 0.235. The normalized spacial score (nSPS) is 15.3. The van der Waals surface area contributed by atoms with Crippen LogP contribution in [0.4, 0.5) is 17.5 Å². The summed E-state index contributed by atoms with van der Waals surface area (Å²) >= 11 is 0. The molecule has 12 aromatic rings. The molecule has 0 radical (unpaired) electrons. The standard InChI is InChI=1S/C29H30N6O3.C28H28N6O4.C28H26N6O3/c1-3-9-25(37)34-17-8-10-21(18-34)35-29-26(28(30-19-31-29)32-24(36)4-2)27(33-35)20-13-15-23(16-14-20)38-22-11-6-5-7-12-22;1-2-24(37)33-15-6-7-20(17-33)34-28-25(27(29-18-30-28)31-23(36)14-16-35)26(32-34)19-10-12-22(13-11-19)38-21-8-4-3-5-9-21;1-3-23(35)31-27-25-26(19-12-14-22(15-13-19)37-21-10-6-5-7-11-21)32-34(28(25)30-18-29-27)20-9-8-16-33(17-20)24(36)4-2/h4-7,11-16,19,21H,2-3,8-10,17-18H2,1H3,(H,30,31,32,36);2-5,8-13,18,20,35H,1,6-7,14-17H2,(H,29,30,31,36);3-7,10-15,18,20H,1-2,8-9,16-17H2,(H,29,30,31,35)/t21-;2*20-/m111/s1. The van der Waals surface area contributed by atoms with E-state index >= 15 is 0 Å². The Labute approximate surface area is 651 Å². The van der Waals surface area contributed by atoms with Crippen molar-refractivity contribution in [3.8, 4) is 68.3 Å². The van der Waals surface area contributed by atoms with Crippen LogP contribution in [0.3, 0.4) is 0 Å². The molecule has 3 atom stereocenters. The van der Waals surface area contributed by atoms with Crippen molar-refractivity contribution in [2.75, 3.05) is 61.8 Å². The zero-order valence-corrected chi connectivity index (χ0v) is 62.3. The number of aliphatic hydroxyl groups is 1. The first-order valence-electron chi connectivity index (χ1n) is 37.3. The molecule has 113 heavy (non-hydrogen) atoms. The molecule has 3 aliphatic rings. The number of carbonyl (C=O) groups excluding carboxylic acids is 6. The summed E-state index contributed by atoms with van der Waals surface area (Å²) in [5.74, 6) is 4.10. The zero-order valence-electron chi connectivity index (χ0n) is 62.3. The van der Waals surface area contributed by atoms with Gasteiger partial charge in [-0.15, -0.1) is 0 Å². The molecule has 3 fully saturated rings. The van der Waals surface area contributed by atoms with Crippen LogP contribution in [-0.4, -0.2) is 160 Å². The third kappa shape index (κ3) is 18.4. The lowest BCUT2D eigenvalue weighted by molar-refractivity contribution is -0.133. The first-order chi connectivity index (χ1) is 55.2. The Bertz CT molecular complexity index is 5430. The van der Waals surface area contributed by atoms with Crippen LogP contribution in [0.25, 0.3) is 66.9 Å². The summed E-state index contributed by atoms with van der Waals surface area (Å²) in [5.41, 5.74) is 6.01. The number of rotatable bonds is 23. The first kappa shape index (κ1) is 77.3. The summed E-state index contributed by atoms with van der Waals surface area (Å²) in [4.78, 5) is 106. The van der Waals surface area contributed by atoms with Gasteiger partial charge in [0.05, 0.1) is 47.3 Å². The second-order valence-corrected chi connectivity index (χ2v) is 26.8. The van der Waals surface area contributed by atoms with Crippen LogP contribution in [0.2, 0.25) is 0 Å². The van der Waals surface area contributed by atoms with Crippen molar-refractivity contribution in [3.05, 3.63) is 233 Å². The summed E-state index contributed by atoms with van der Waals surface area (Å²) in [7, 11) is 0. The zero-order chi connectivity index (χ0) is 78.7. The maximum absolute atomic E-state index is 12.6. The molecule has 3 saturated heterocycles. The van der Waals surface area contributed by atoms with Crippen LogP contribution in [0.15, 0.2) is 233 Å². The Morgan fingerprint density at radius 1 is 0.416 bits per heavy atom. The number of fused-ring (bicyclic) bond motifs is 3. The Kier molecular flexibility index (Phi) is 25.0. The van der Waals surface area contributed by atoms with E-state index in [4.69, 9.17) is 29.5 Å². The van der Waals surface area contributed by atoms with Gasteiger partial charge in [0.25, 0.3) is 0 Å².